The molecule has 0 aromatic carbocycles. The monoisotopic (exact) mass is 274 g/mol. The lowest BCUT2D eigenvalue weighted by Gasteiger charge is -2.26. The zero-order valence-corrected chi connectivity index (χ0v) is 12.4. The number of aromatic nitrogens is 1. The van der Waals surface area contributed by atoms with Gasteiger partial charge in [0.25, 0.3) is 0 Å². The fourth-order valence-electron chi connectivity index (χ4n) is 2.80. The summed E-state index contributed by atoms with van der Waals surface area (Å²) in [4.78, 5) is 7.00. The zero-order chi connectivity index (χ0) is 14.2. The van der Waals surface area contributed by atoms with Gasteiger partial charge in [-0.05, 0) is 69.9 Å². The summed E-state index contributed by atoms with van der Waals surface area (Å²) >= 11 is 0. The summed E-state index contributed by atoms with van der Waals surface area (Å²) in [5, 5.41) is 9.55. The van der Waals surface area contributed by atoms with Crippen LogP contribution in [0.1, 0.15) is 49.9 Å². The van der Waals surface area contributed by atoms with Crippen molar-refractivity contribution in [3.63, 3.8) is 0 Å². The maximum atomic E-state index is 9.55. The molecule has 20 heavy (non-hydrogen) atoms. The van der Waals surface area contributed by atoms with Crippen molar-refractivity contribution in [2.75, 3.05) is 19.6 Å². The highest BCUT2D eigenvalue weighted by atomic mass is 16.3. The Morgan fingerprint density at radius 3 is 2.70 bits per heavy atom. The predicted molar refractivity (Wildman–Crippen MR) is 83.8 cm³/mol. The largest absolute Gasteiger partial charge is 0.506 e. The average Bonchev–Trinajstić information content (AvgIpc) is 2.49. The van der Waals surface area contributed by atoms with E-state index in [0.717, 1.165) is 12.1 Å². The van der Waals surface area contributed by atoms with Crippen molar-refractivity contribution in [2.24, 2.45) is 0 Å². The minimum absolute atomic E-state index is 0.217. The molecule has 2 rings (SSSR count). The Hall–Kier alpha value is -1.35. The van der Waals surface area contributed by atoms with Crippen LogP contribution in [0.15, 0.2) is 18.7 Å². The van der Waals surface area contributed by atoms with Crippen LogP contribution in [0.25, 0.3) is 6.08 Å². The summed E-state index contributed by atoms with van der Waals surface area (Å²) in [7, 11) is 0. The van der Waals surface area contributed by atoms with Gasteiger partial charge in [0.2, 0.25) is 0 Å². The van der Waals surface area contributed by atoms with Crippen molar-refractivity contribution >= 4 is 6.08 Å². The third-order valence-corrected chi connectivity index (χ3v) is 4.01. The molecule has 0 spiro atoms. The Balaban J connectivity index is 1.64. The van der Waals surface area contributed by atoms with Crippen LogP contribution in [0, 0.1) is 0 Å². The van der Waals surface area contributed by atoms with Crippen molar-refractivity contribution in [3.05, 3.63) is 30.1 Å². The van der Waals surface area contributed by atoms with E-state index in [2.05, 4.69) is 16.5 Å². The van der Waals surface area contributed by atoms with E-state index in [1.54, 1.807) is 12.1 Å². The smallest absolute Gasteiger partial charge is 0.141 e. The molecule has 0 atom stereocenters. The zero-order valence-electron chi connectivity index (χ0n) is 12.4. The third kappa shape index (κ3) is 4.64. The predicted octanol–water partition coefficient (Wildman–Crippen LogP) is 3.63. The SMILES string of the molecule is C=Cc1nc(CCCCCN2CCCCC2)ccc1O. The molecule has 0 aliphatic carbocycles. The number of unbranched alkanes of at least 4 members (excludes halogenated alkanes) is 2. The summed E-state index contributed by atoms with van der Waals surface area (Å²) in [5.74, 6) is 0.217. The second-order valence-electron chi connectivity index (χ2n) is 5.62. The molecule has 3 heteroatoms. The lowest BCUT2D eigenvalue weighted by atomic mass is 10.1. The molecule has 1 aliphatic rings. The molecule has 3 nitrogen and oxygen atoms in total. The minimum atomic E-state index is 0.217. The summed E-state index contributed by atoms with van der Waals surface area (Å²) in [6.07, 6.45) is 10.5. The topological polar surface area (TPSA) is 36.4 Å². The van der Waals surface area contributed by atoms with E-state index >= 15 is 0 Å². The molecule has 1 aromatic heterocycles. The highest BCUT2D eigenvalue weighted by molar-refractivity contribution is 5.50. The van der Waals surface area contributed by atoms with Crippen LogP contribution < -0.4 is 0 Å². The second kappa shape index (κ2) is 8.05. The molecule has 1 fully saturated rings. The average molecular weight is 274 g/mol. The van der Waals surface area contributed by atoms with Crippen LogP contribution in [0.4, 0.5) is 0 Å². The first kappa shape index (κ1) is 15.0. The van der Waals surface area contributed by atoms with Gasteiger partial charge in [0, 0.05) is 5.69 Å². The molecule has 1 aromatic rings. The van der Waals surface area contributed by atoms with Crippen LogP contribution in [0.3, 0.4) is 0 Å². The second-order valence-corrected chi connectivity index (χ2v) is 5.62. The highest BCUT2D eigenvalue weighted by Gasteiger charge is 2.08. The molecular formula is C17H26N2O. The Morgan fingerprint density at radius 1 is 1.15 bits per heavy atom. The standard InChI is InChI=1S/C17H26N2O/c1-2-16-17(20)11-10-15(18-16)9-5-3-6-12-19-13-7-4-8-14-19/h2,10-11,20H,1,3-9,12-14H2. The lowest BCUT2D eigenvalue weighted by molar-refractivity contribution is 0.224. The van der Waals surface area contributed by atoms with Crippen LogP contribution >= 0.6 is 0 Å². The molecule has 1 saturated heterocycles. The lowest BCUT2D eigenvalue weighted by Crippen LogP contribution is -2.30. The Kier molecular flexibility index (Phi) is 6.06. The van der Waals surface area contributed by atoms with Crippen molar-refractivity contribution in [3.8, 4) is 5.75 Å². The van der Waals surface area contributed by atoms with Gasteiger partial charge in [0.15, 0.2) is 0 Å². The minimum Gasteiger partial charge on any atom is -0.506 e. The van der Waals surface area contributed by atoms with E-state index in [1.807, 2.05) is 6.07 Å². The van der Waals surface area contributed by atoms with E-state index in [1.165, 1.54) is 58.2 Å². The quantitative estimate of drug-likeness (QED) is 0.771. The number of nitrogens with zero attached hydrogens (tertiary/aromatic N) is 2. The van der Waals surface area contributed by atoms with Gasteiger partial charge in [0.1, 0.15) is 11.4 Å². The maximum absolute atomic E-state index is 9.55. The molecule has 1 aliphatic heterocycles. The Labute approximate surface area is 122 Å². The number of pyridine rings is 1. The highest BCUT2D eigenvalue weighted by Crippen LogP contribution is 2.17. The van der Waals surface area contributed by atoms with E-state index in [-0.39, 0.29) is 5.75 Å². The van der Waals surface area contributed by atoms with Gasteiger partial charge >= 0.3 is 0 Å². The molecule has 0 amide bonds. The summed E-state index contributed by atoms with van der Waals surface area (Å²) in [5.41, 5.74) is 1.64. The first-order chi connectivity index (χ1) is 9.79. The maximum Gasteiger partial charge on any atom is 0.141 e. The van der Waals surface area contributed by atoms with Crippen molar-refractivity contribution in [1.82, 2.24) is 9.88 Å². The van der Waals surface area contributed by atoms with Crippen molar-refractivity contribution in [1.29, 1.82) is 0 Å². The Bertz CT molecular complexity index is 425. The van der Waals surface area contributed by atoms with Gasteiger partial charge in [-0.2, -0.15) is 0 Å². The molecule has 2 heterocycles. The molecule has 0 unspecified atom stereocenters. The molecule has 0 saturated carbocycles. The van der Waals surface area contributed by atoms with Crippen LogP contribution in [-0.4, -0.2) is 34.6 Å². The number of hydrogen-bond donors (Lipinski definition) is 1. The summed E-state index contributed by atoms with van der Waals surface area (Å²) in [6, 6.07) is 3.63. The number of aryl methyl sites for hydroxylation is 1. The fraction of sp³-hybridized carbons (Fsp3) is 0.588. The van der Waals surface area contributed by atoms with Gasteiger partial charge in [-0.25, -0.2) is 4.98 Å². The molecule has 0 bridgehead atoms. The third-order valence-electron chi connectivity index (χ3n) is 4.01. The van der Waals surface area contributed by atoms with E-state index in [9.17, 15) is 5.11 Å². The van der Waals surface area contributed by atoms with Crippen molar-refractivity contribution < 1.29 is 5.11 Å². The first-order valence-corrected chi connectivity index (χ1v) is 7.83. The van der Waals surface area contributed by atoms with Gasteiger partial charge in [0.05, 0.1) is 0 Å². The number of piperidine rings is 1. The van der Waals surface area contributed by atoms with Crippen molar-refractivity contribution in [2.45, 2.75) is 44.9 Å². The van der Waals surface area contributed by atoms with E-state index < -0.39 is 0 Å². The first-order valence-electron chi connectivity index (χ1n) is 7.83. The van der Waals surface area contributed by atoms with Crippen LogP contribution in [0.2, 0.25) is 0 Å². The van der Waals surface area contributed by atoms with Gasteiger partial charge in [-0.1, -0.05) is 19.4 Å². The van der Waals surface area contributed by atoms with E-state index in [0.29, 0.717) is 5.69 Å². The normalized spacial score (nSPS) is 16.2. The van der Waals surface area contributed by atoms with Gasteiger partial charge in [-0.3, -0.25) is 0 Å². The Morgan fingerprint density at radius 2 is 1.95 bits per heavy atom. The molecule has 1 N–H and O–H groups in total. The number of rotatable bonds is 7. The van der Waals surface area contributed by atoms with Crippen LogP contribution in [-0.2, 0) is 6.42 Å². The number of aromatic hydroxyl groups is 1. The fourth-order valence-corrected chi connectivity index (χ4v) is 2.80. The molecule has 110 valence electrons. The molecular weight excluding hydrogens is 248 g/mol. The molecule has 0 radical (unpaired) electrons. The van der Waals surface area contributed by atoms with E-state index in [4.69, 9.17) is 0 Å². The van der Waals surface area contributed by atoms with Crippen LogP contribution in [0.5, 0.6) is 5.75 Å². The summed E-state index contributed by atoms with van der Waals surface area (Å²) in [6.45, 7) is 7.50. The number of hydrogen-bond acceptors (Lipinski definition) is 3. The number of likely N-dealkylation sites (tertiary alicyclic amines) is 1. The van der Waals surface area contributed by atoms with Gasteiger partial charge < -0.3 is 10.0 Å². The van der Waals surface area contributed by atoms with Gasteiger partial charge in [-0.15, -0.1) is 0 Å². The summed E-state index contributed by atoms with van der Waals surface area (Å²) < 4.78 is 0.